The van der Waals surface area contributed by atoms with Gasteiger partial charge in [0.15, 0.2) is 0 Å². The molecule has 1 aliphatic rings. The topological polar surface area (TPSA) is 94.1 Å². The van der Waals surface area contributed by atoms with E-state index in [4.69, 9.17) is 14.6 Å². The number of rotatable bonds is 3. The smallest absolute Gasteiger partial charge is 0.431 e. The van der Waals surface area contributed by atoms with Crippen molar-refractivity contribution in [3.8, 4) is 0 Å². The highest BCUT2D eigenvalue weighted by atomic mass is 16.7. The molecule has 0 bridgehead atoms. The van der Waals surface area contributed by atoms with Gasteiger partial charge in [-0.05, 0) is 24.7 Å². The molecule has 0 atom stereocenters. The molecule has 120 valence electrons. The van der Waals surface area contributed by atoms with Gasteiger partial charge in [-0.1, -0.05) is 20.8 Å². The van der Waals surface area contributed by atoms with Crippen LogP contribution in [0.3, 0.4) is 0 Å². The quantitative estimate of drug-likeness (QED) is 0.611. The minimum absolute atomic E-state index is 0.250. The van der Waals surface area contributed by atoms with Crippen molar-refractivity contribution in [1.82, 2.24) is 5.48 Å². The Balaban J connectivity index is 0. The van der Waals surface area contributed by atoms with Gasteiger partial charge in [-0.25, -0.2) is 4.79 Å². The first-order valence-electron chi connectivity index (χ1n) is 6.59. The summed E-state index contributed by atoms with van der Waals surface area (Å²) in [6.07, 6.45) is 1.98. The number of ether oxygens (including phenoxy) is 2. The van der Waals surface area contributed by atoms with Gasteiger partial charge in [-0.15, -0.1) is 0 Å². The van der Waals surface area contributed by atoms with Crippen LogP contribution in [0.15, 0.2) is 0 Å². The van der Waals surface area contributed by atoms with E-state index in [2.05, 4.69) is 16.5 Å². The third kappa shape index (κ3) is 19.0. The lowest BCUT2D eigenvalue weighted by molar-refractivity contribution is -0.122. The number of nitrogens with one attached hydrogen (secondary N) is 1. The first kappa shape index (κ1) is 21.0. The normalized spacial score (nSPS) is 14.2. The average Bonchev–Trinajstić information content (AvgIpc) is 2.39. The molecular formula is C13H27NO6. The minimum Gasteiger partial charge on any atom is -0.483 e. The average molecular weight is 293 g/mol. The van der Waals surface area contributed by atoms with Crippen LogP contribution < -0.4 is 5.48 Å². The van der Waals surface area contributed by atoms with E-state index in [1.165, 1.54) is 20.0 Å². The number of hydrogen-bond donors (Lipinski definition) is 2. The summed E-state index contributed by atoms with van der Waals surface area (Å²) in [7, 11) is 1.36. The van der Waals surface area contributed by atoms with Crippen LogP contribution in [-0.4, -0.2) is 44.6 Å². The van der Waals surface area contributed by atoms with E-state index in [0.29, 0.717) is 12.5 Å². The Morgan fingerprint density at radius 3 is 2.25 bits per heavy atom. The van der Waals surface area contributed by atoms with Crippen molar-refractivity contribution in [1.29, 1.82) is 0 Å². The highest BCUT2D eigenvalue weighted by Crippen LogP contribution is 2.11. The van der Waals surface area contributed by atoms with E-state index < -0.39 is 6.09 Å². The highest BCUT2D eigenvalue weighted by molar-refractivity contribution is 5.65. The van der Waals surface area contributed by atoms with Gasteiger partial charge in [0.1, 0.15) is 0 Å². The van der Waals surface area contributed by atoms with Crippen LogP contribution in [0, 0.1) is 11.8 Å². The van der Waals surface area contributed by atoms with Crippen LogP contribution in [0.5, 0.6) is 0 Å². The van der Waals surface area contributed by atoms with Gasteiger partial charge >= 0.3 is 6.09 Å². The zero-order valence-electron chi connectivity index (χ0n) is 12.8. The molecule has 0 spiro atoms. The Morgan fingerprint density at radius 1 is 1.45 bits per heavy atom. The van der Waals surface area contributed by atoms with E-state index in [9.17, 15) is 4.79 Å². The molecule has 20 heavy (non-hydrogen) atoms. The van der Waals surface area contributed by atoms with Crippen LogP contribution >= 0.6 is 0 Å². The van der Waals surface area contributed by atoms with Crippen LogP contribution in [0.25, 0.3) is 0 Å². The second-order valence-electron chi connectivity index (χ2n) is 4.70. The first-order chi connectivity index (χ1) is 9.47. The molecule has 0 radical (unpaired) electrons. The Bertz CT molecular complexity index is 229. The SMILES string of the molecule is CC1CCOCC1.CONC(=O)OCC(C)C.O=CO. The fraction of sp³-hybridized carbons (Fsp3) is 0.846. The summed E-state index contributed by atoms with van der Waals surface area (Å²) in [5, 5.41) is 6.89. The Morgan fingerprint density at radius 2 is 1.95 bits per heavy atom. The summed E-state index contributed by atoms with van der Waals surface area (Å²) < 4.78 is 9.81. The van der Waals surface area contributed by atoms with Crippen molar-refractivity contribution in [2.45, 2.75) is 33.6 Å². The predicted octanol–water partition coefficient (Wildman–Crippen LogP) is 2.06. The summed E-state index contributed by atoms with van der Waals surface area (Å²) in [6, 6.07) is 0. The summed E-state index contributed by atoms with van der Waals surface area (Å²) in [6.45, 7) is 8.33. The van der Waals surface area contributed by atoms with E-state index in [1.54, 1.807) is 0 Å². The second-order valence-corrected chi connectivity index (χ2v) is 4.70. The molecule has 0 aliphatic carbocycles. The number of carboxylic acid groups (broad SMARTS) is 1. The monoisotopic (exact) mass is 293 g/mol. The zero-order chi connectivity index (χ0) is 15.8. The molecule has 1 fully saturated rings. The van der Waals surface area contributed by atoms with Crippen molar-refractivity contribution in [3.63, 3.8) is 0 Å². The van der Waals surface area contributed by atoms with Crippen LogP contribution in [0.1, 0.15) is 33.6 Å². The van der Waals surface area contributed by atoms with E-state index in [1.807, 2.05) is 19.3 Å². The number of amides is 1. The zero-order valence-corrected chi connectivity index (χ0v) is 12.8. The van der Waals surface area contributed by atoms with Gasteiger partial charge in [0.2, 0.25) is 0 Å². The molecule has 2 N–H and O–H groups in total. The van der Waals surface area contributed by atoms with Gasteiger partial charge in [0.05, 0.1) is 13.7 Å². The van der Waals surface area contributed by atoms with E-state index in [-0.39, 0.29) is 6.47 Å². The Hall–Kier alpha value is -1.34. The van der Waals surface area contributed by atoms with Crippen molar-refractivity contribution >= 4 is 12.6 Å². The summed E-state index contributed by atoms with van der Waals surface area (Å²) >= 11 is 0. The third-order valence-electron chi connectivity index (χ3n) is 2.24. The number of carbonyl (C=O) groups is 2. The van der Waals surface area contributed by atoms with Gasteiger partial charge in [0.25, 0.3) is 6.47 Å². The molecule has 1 rings (SSSR count). The third-order valence-corrected chi connectivity index (χ3v) is 2.24. The van der Waals surface area contributed by atoms with E-state index >= 15 is 0 Å². The molecule has 0 saturated carbocycles. The standard InChI is InChI=1S/C6H13NO3.C6H12O.CH2O2/c1-5(2)4-10-6(8)7-9-3;1-6-2-4-7-5-3-6;2-1-3/h5H,4H2,1-3H3,(H,7,8);6H,2-5H2,1H3;1H,(H,2,3). The summed E-state index contributed by atoms with van der Waals surface area (Å²) in [5.41, 5.74) is 2.04. The molecule has 0 unspecified atom stereocenters. The van der Waals surface area contributed by atoms with Gasteiger partial charge in [-0.3, -0.25) is 9.63 Å². The second kappa shape index (κ2) is 15.7. The molecule has 0 aromatic heterocycles. The van der Waals surface area contributed by atoms with Crippen molar-refractivity contribution in [2.24, 2.45) is 11.8 Å². The predicted molar refractivity (Wildman–Crippen MR) is 74.2 cm³/mol. The Labute approximate surface area is 120 Å². The molecule has 0 aromatic rings. The highest BCUT2D eigenvalue weighted by Gasteiger charge is 2.06. The van der Waals surface area contributed by atoms with Crippen molar-refractivity contribution in [2.75, 3.05) is 26.9 Å². The molecule has 1 heterocycles. The van der Waals surface area contributed by atoms with Gasteiger partial charge < -0.3 is 14.6 Å². The first-order valence-corrected chi connectivity index (χ1v) is 6.59. The lowest BCUT2D eigenvalue weighted by Crippen LogP contribution is -2.24. The maximum absolute atomic E-state index is 10.5. The van der Waals surface area contributed by atoms with Gasteiger partial charge in [0, 0.05) is 13.2 Å². The van der Waals surface area contributed by atoms with Crippen molar-refractivity contribution < 1.29 is 29.0 Å². The molecule has 1 saturated heterocycles. The Kier molecular flexibility index (Phi) is 16.5. The number of hydroxylamine groups is 1. The molecule has 1 aliphatic heterocycles. The van der Waals surface area contributed by atoms with Gasteiger partial charge in [-0.2, -0.15) is 5.48 Å². The fourth-order valence-electron chi connectivity index (χ4n) is 1.17. The van der Waals surface area contributed by atoms with Crippen molar-refractivity contribution in [3.05, 3.63) is 0 Å². The molecular weight excluding hydrogens is 266 g/mol. The number of carbonyl (C=O) groups excluding carboxylic acids is 1. The molecule has 0 aromatic carbocycles. The number of hydrogen-bond acceptors (Lipinski definition) is 5. The molecule has 1 amide bonds. The van der Waals surface area contributed by atoms with Crippen LogP contribution in [-0.2, 0) is 19.1 Å². The lowest BCUT2D eigenvalue weighted by Gasteiger charge is -2.16. The summed E-state index contributed by atoms with van der Waals surface area (Å²) in [5.74, 6) is 1.26. The van der Waals surface area contributed by atoms with Crippen LogP contribution in [0.2, 0.25) is 0 Å². The van der Waals surface area contributed by atoms with E-state index in [0.717, 1.165) is 19.1 Å². The largest absolute Gasteiger partial charge is 0.483 e. The minimum atomic E-state index is -0.545. The fourth-order valence-corrected chi connectivity index (χ4v) is 1.17. The lowest BCUT2D eigenvalue weighted by atomic mass is 10.0. The molecule has 7 heteroatoms. The maximum Gasteiger partial charge on any atom is 0.431 e. The maximum atomic E-state index is 10.5. The summed E-state index contributed by atoms with van der Waals surface area (Å²) in [4.78, 5) is 23.2. The molecule has 7 nitrogen and oxygen atoms in total. The van der Waals surface area contributed by atoms with Crippen LogP contribution in [0.4, 0.5) is 4.79 Å².